The molecule has 86 valence electrons. The first-order valence-electron chi connectivity index (χ1n) is 5.94. The summed E-state index contributed by atoms with van der Waals surface area (Å²) in [5.41, 5.74) is 1.25. The van der Waals surface area contributed by atoms with Crippen molar-refractivity contribution in [1.82, 2.24) is 0 Å². The van der Waals surface area contributed by atoms with E-state index in [4.69, 9.17) is 4.74 Å². The summed E-state index contributed by atoms with van der Waals surface area (Å²) in [4.78, 5) is 11.4. The molecule has 0 radical (unpaired) electrons. The molecule has 0 aromatic rings. The highest BCUT2D eigenvalue weighted by Crippen LogP contribution is 2.38. The van der Waals surface area contributed by atoms with Crippen molar-refractivity contribution in [3.8, 4) is 0 Å². The van der Waals surface area contributed by atoms with E-state index in [2.05, 4.69) is 13.5 Å². The molecule has 2 nitrogen and oxygen atoms in total. The minimum atomic E-state index is -0.0610. The fraction of sp³-hybridized carbons (Fsp3) is 0.769. The molecule has 0 aromatic carbocycles. The van der Waals surface area contributed by atoms with Gasteiger partial charge in [-0.3, -0.25) is 4.79 Å². The first-order chi connectivity index (χ1) is 7.19. The van der Waals surface area contributed by atoms with E-state index >= 15 is 0 Å². The third-order valence-corrected chi connectivity index (χ3v) is 3.35. The van der Waals surface area contributed by atoms with Gasteiger partial charge in [-0.25, -0.2) is 0 Å². The number of carbonyl (C=O) groups is 1. The molecule has 15 heavy (non-hydrogen) atoms. The van der Waals surface area contributed by atoms with Crippen LogP contribution in [0.1, 0.15) is 45.4 Å². The largest absolute Gasteiger partial charge is 0.469 e. The fourth-order valence-corrected chi connectivity index (χ4v) is 2.39. The molecule has 2 atom stereocenters. The van der Waals surface area contributed by atoms with Gasteiger partial charge in [0, 0.05) is 0 Å². The van der Waals surface area contributed by atoms with E-state index < -0.39 is 0 Å². The Balaban J connectivity index is 2.35. The SMILES string of the molecule is C=C1C[C@H](C(=O)OC)C[C@H]1CCCCC. The van der Waals surface area contributed by atoms with E-state index in [0.717, 1.165) is 12.8 Å². The van der Waals surface area contributed by atoms with Crippen molar-refractivity contribution in [3.05, 3.63) is 12.2 Å². The summed E-state index contributed by atoms with van der Waals surface area (Å²) in [5, 5.41) is 0. The number of hydrogen-bond donors (Lipinski definition) is 0. The van der Waals surface area contributed by atoms with Crippen LogP contribution in [-0.4, -0.2) is 13.1 Å². The van der Waals surface area contributed by atoms with Crippen molar-refractivity contribution in [2.45, 2.75) is 45.4 Å². The molecule has 0 aromatic heterocycles. The molecule has 0 amide bonds. The highest BCUT2D eigenvalue weighted by Gasteiger charge is 2.32. The number of esters is 1. The van der Waals surface area contributed by atoms with Gasteiger partial charge in [-0.1, -0.05) is 38.3 Å². The zero-order chi connectivity index (χ0) is 11.3. The van der Waals surface area contributed by atoms with Gasteiger partial charge in [0.15, 0.2) is 0 Å². The van der Waals surface area contributed by atoms with Crippen LogP contribution in [0.25, 0.3) is 0 Å². The summed E-state index contributed by atoms with van der Waals surface area (Å²) in [6.07, 6.45) is 6.78. The van der Waals surface area contributed by atoms with Crippen molar-refractivity contribution in [2.75, 3.05) is 7.11 Å². The third kappa shape index (κ3) is 3.37. The highest BCUT2D eigenvalue weighted by atomic mass is 16.5. The summed E-state index contributed by atoms with van der Waals surface area (Å²) in [7, 11) is 1.47. The van der Waals surface area contributed by atoms with Gasteiger partial charge in [-0.15, -0.1) is 0 Å². The molecule has 2 heteroatoms. The van der Waals surface area contributed by atoms with Gasteiger partial charge in [0.1, 0.15) is 0 Å². The lowest BCUT2D eigenvalue weighted by Crippen LogP contribution is -2.12. The lowest BCUT2D eigenvalue weighted by atomic mass is 9.96. The van der Waals surface area contributed by atoms with Gasteiger partial charge in [0.05, 0.1) is 13.0 Å². The van der Waals surface area contributed by atoms with E-state index in [1.165, 1.54) is 38.4 Å². The van der Waals surface area contributed by atoms with Crippen LogP contribution in [-0.2, 0) is 9.53 Å². The standard InChI is InChI=1S/C13H22O2/c1-4-5-6-7-11-9-12(8-10(11)2)13(14)15-3/h11-12H,2,4-9H2,1,3H3/t11-,12+/m1/s1. The molecule has 1 aliphatic rings. The quantitative estimate of drug-likeness (QED) is 0.395. The Labute approximate surface area is 92.7 Å². The number of ether oxygens (including phenoxy) is 1. The van der Waals surface area contributed by atoms with Crippen LogP contribution in [0.4, 0.5) is 0 Å². The molecule has 0 saturated heterocycles. The lowest BCUT2D eigenvalue weighted by Gasteiger charge is -2.10. The monoisotopic (exact) mass is 210 g/mol. The summed E-state index contributed by atoms with van der Waals surface area (Å²) in [6, 6.07) is 0. The van der Waals surface area contributed by atoms with Crippen molar-refractivity contribution in [3.63, 3.8) is 0 Å². The molecule has 0 spiro atoms. The number of hydrogen-bond acceptors (Lipinski definition) is 2. The van der Waals surface area contributed by atoms with E-state index in [0.29, 0.717) is 5.92 Å². The molecule has 0 unspecified atom stereocenters. The predicted octanol–water partition coefficient (Wildman–Crippen LogP) is 3.32. The molecular formula is C13H22O2. The number of unbranched alkanes of at least 4 members (excludes halogenated alkanes) is 2. The number of rotatable bonds is 5. The molecule has 0 bridgehead atoms. The van der Waals surface area contributed by atoms with Crippen LogP contribution < -0.4 is 0 Å². The normalized spacial score (nSPS) is 25.6. The zero-order valence-corrected chi connectivity index (χ0v) is 9.92. The summed E-state index contributed by atoms with van der Waals surface area (Å²) >= 11 is 0. The Kier molecular flexibility index (Phi) is 4.86. The van der Waals surface area contributed by atoms with Gasteiger partial charge in [-0.05, 0) is 25.2 Å². The molecule has 1 aliphatic carbocycles. The first-order valence-corrected chi connectivity index (χ1v) is 5.94. The molecule has 0 N–H and O–H groups in total. The first kappa shape index (κ1) is 12.3. The van der Waals surface area contributed by atoms with Crippen molar-refractivity contribution in [1.29, 1.82) is 0 Å². The fourth-order valence-electron chi connectivity index (χ4n) is 2.39. The van der Waals surface area contributed by atoms with Gasteiger partial charge < -0.3 is 4.74 Å². The predicted molar refractivity (Wildman–Crippen MR) is 61.5 cm³/mol. The molecule has 1 rings (SSSR count). The summed E-state index contributed by atoms with van der Waals surface area (Å²) in [6.45, 7) is 6.28. The molecule has 0 aliphatic heterocycles. The maximum absolute atomic E-state index is 11.4. The van der Waals surface area contributed by atoms with E-state index in [9.17, 15) is 4.79 Å². The van der Waals surface area contributed by atoms with Crippen LogP contribution in [0.5, 0.6) is 0 Å². The Bertz CT molecular complexity index is 233. The zero-order valence-electron chi connectivity index (χ0n) is 9.92. The number of methoxy groups -OCH3 is 1. The minimum absolute atomic E-state index is 0.0610. The Hall–Kier alpha value is -0.790. The van der Waals surface area contributed by atoms with Crippen molar-refractivity contribution >= 4 is 5.97 Å². The van der Waals surface area contributed by atoms with Gasteiger partial charge in [0.2, 0.25) is 0 Å². The number of carbonyl (C=O) groups excluding carboxylic acids is 1. The van der Waals surface area contributed by atoms with Crippen LogP contribution in [0.3, 0.4) is 0 Å². The molecule has 1 saturated carbocycles. The van der Waals surface area contributed by atoms with Crippen molar-refractivity contribution < 1.29 is 9.53 Å². The Morgan fingerprint density at radius 2 is 2.27 bits per heavy atom. The summed E-state index contributed by atoms with van der Waals surface area (Å²) in [5.74, 6) is 0.573. The average molecular weight is 210 g/mol. The summed E-state index contributed by atoms with van der Waals surface area (Å²) < 4.78 is 4.78. The lowest BCUT2D eigenvalue weighted by molar-refractivity contribution is -0.145. The maximum Gasteiger partial charge on any atom is 0.308 e. The Morgan fingerprint density at radius 1 is 1.53 bits per heavy atom. The molecule has 0 heterocycles. The van der Waals surface area contributed by atoms with E-state index in [1.807, 2.05) is 0 Å². The third-order valence-electron chi connectivity index (χ3n) is 3.35. The average Bonchev–Trinajstić information content (AvgIpc) is 2.60. The molecule has 1 fully saturated rings. The maximum atomic E-state index is 11.4. The van der Waals surface area contributed by atoms with Crippen LogP contribution in [0, 0.1) is 11.8 Å². The van der Waals surface area contributed by atoms with Crippen molar-refractivity contribution in [2.24, 2.45) is 11.8 Å². The van der Waals surface area contributed by atoms with E-state index in [-0.39, 0.29) is 11.9 Å². The van der Waals surface area contributed by atoms with E-state index in [1.54, 1.807) is 0 Å². The second-order valence-electron chi connectivity index (χ2n) is 4.51. The minimum Gasteiger partial charge on any atom is -0.469 e. The van der Waals surface area contributed by atoms with Gasteiger partial charge in [-0.2, -0.15) is 0 Å². The second kappa shape index (κ2) is 5.94. The smallest absolute Gasteiger partial charge is 0.308 e. The number of allylic oxidation sites excluding steroid dienone is 1. The Morgan fingerprint density at radius 3 is 2.87 bits per heavy atom. The molecular weight excluding hydrogens is 188 g/mol. The van der Waals surface area contributed by atoms with Crippen LogP contribution >= 0.6 is 0 Å². The van der Waals surface area contributed by atoms with Crippen LogP contribution in [0.2, 0.25) is 0 Å². The highest BCUT2D eigenvalue weighted by molar-refractivity contribution is 5.73. The van der Waals surface area contributed by atoms with Crippen LogP contribution in [0.15, 0.2) is 12.2 Å². The van der Waals surface area contributed by atoms with Gasteiger partial charge in [0.25, 0.3) is 0 Å². The van der Waals surface area contributed by atoms with Gasteiger partial charge >= 0.3 is 5.97 Å². The topological polar surface area (TPSA) is 26.3 Å². The second-order valence-corrected chi connectivity index (χ2v) is 4.51.